The number of para-hydroxylation sites is 1. The van der Waals surface area contributed by atoms with Gasteiger partial charge in [-0.25, -0.2) is 4.98 Å². The van der Waals surface area contributed by atoms with Crippen LogP contribution < -0.4 is 5.32 Å². The van der Waals surface area contributed by atoms with Crippen LogP contribution >= 0.6 is 27.5 Å². The summed E-state index contributed by atoms with van der Waals surface area (Å²) in [5.74, 6) is 0.294. The summed E-state index contributed by atoms with van der Waals surface area (Å²) in [6.07, 6.45) is 2.52. The van der Waals surface area contributed by atoms with Crippen LogP contribution in [0.15, 0.2) is 41.0 Å². The molecule has 5 heteroatoms. The van der Waals surface area contributed by atoms with E-state index in [-0.39, 0.29) is 6.04 Å². The number of hydrogen-bond acceptors (Lipinski definition) is 3. The van der Waals surface area contributed by atoms with Crippen LogP contribution in [-0.2, 0) is 0 Å². The van der Waals surface area contributed by atoms with Gasteiger partial charge in [0.25, 0.3) is 0 Å². The second kappa shape index (κ2) is 6.26. The Morgan fingerprint density at radius 3 is 2.79 bits per heavy atom. The number of rotatable bonds is 4. The maximum Gasteiger partial charge on any atom is 0.143 e. The molecule has 1 atom stereocenters. The first kappa shape index (κ1) is 14.2. The highest BCUT2D eigenvalue weighted by Gasteiger charge is 2.13. The highest BCUT2D eigenvalue weighted by atomic mass is 79.9. The number of anilines is 1. The fraction of sp³-hybridized carbons (Fsp3) is 0.214. The number of aromatic nitrogens is 1. The van der Waals surface area contributed by atoms with Crippen molar-refractivity contribution < 1.29 is 5.11 Å². The molecule has 0 aliphatic heterocycles. The Balaban J connectivity index is 2.24. The lowest BCUT2D eigenvalue weighted by molar-refractivity contribution is 0.463. The first-order chi connectivity index (χ1) is 9.11. The number of phenols is 1. The molecule has 0 aliphatic carbocycles. The predicted molar refractivity (Wildman–Crippen MR) is 81.7 cm³/mol. The van der Waals surface area contributed by atoms with Crippen LogP contribution in [-0.4, -0.2) is 10.1 Å². The zero-order valence-electron chi connectivity index (χ0n) is 10.4. The Morgan fingerprint density at radius 1 is 1.42 bits per heavy atom. The van der Waals surface area contributed by atoms with E-state index in [2.05, 4.69) is 33.2 Å². The van der Waals surface area contributed by atoms with Gasteiger partial charge in [0, 0.05) is 5.56 Å². The molecule has 0 bridgehead atoms. The van der Waals surface area contributed by atoms with Gasteiger partial charge in [-0.3, -0.25) is 0 Å². The van der Waals surface area contributed by atoms with E-state index in [4.69, 9.17) is 11.6 Å². The van der Waals surface area contributed by atoms with Crippen molar-refractivity contribution in [1.29, 1.82) is 0 Å². The Hall–Kier alpha value is -1.26. The van der Waals surface area contributed by atoms with E-state index >= 15 is 0 Å². The topological polar surface area (TPSA) is 45.2 Å². The average Bonchev–Trinajstić information content (AvgIpc) is 2.41. The van der Waals surface area contributed by atoms with Crippen LogP contribution in [0.3, 0.4) is 0 Å². The van der Waals surface area contributed by atoms with Gasteiger partial charge in [0.05, 0.1) is 22.4 Å². The van der Waals surface area contributed by atoms with Gasteiger partial charge in [-0.05, 0) is 34.5 Å². The van der Waals surface area contributed by atoms with Gasteiger partial charge in [-0.2, -0.15) is 0 Å². The molecule has 0 aliphatic rings. The van der Waals surface area contributed by atoms with Gasteiger partial charge in [0.1, 0.15) is 10.9 Å². The van der Waals surface area contributed by atoms with Crippen molar-refractivity contribution in [3.63, 3.8) is 0 Å². The maximum absolute atomic E-state index is 9.90. The third kappa shape index (κ3) is 3.39. The zero-order valence-corrected chi connectivity index (χ0v) is 12.7. The predicted octanol–water partition coefficient (Wildman–Crippen LogP) is 4.77. The van der Waals surface area contributed by atoms with Crippen LogP contribution in [0.2, 0.25) is 5.15 Å². The number of phenolic OH excluding ortho intramolecular Hbond substituents is 1. The molecule has 100 valence electrons. The normalized spacial score (nSPS) is 12.2. The van der Waals surface area contributed by atoms with Crippen LogP contribution in [0.1, 0.15) is 24.9 Å². The molecule has 2 aromatic rings. The molecule has 0 fully saturated rings. The van der Waals surface area contributed by atoms with Crippen LogP contribution in [0.5, 0.6) is 5.75 Å². The van der Waals surface area contributed by atoms with E-state index < -0.39 is 0 Å². The van der Waals surface area contributed by atoms with E-state index in [9.17, 15) is 5.11 Å². The number of aromatic hydroxyl groups is 1. The van der Waals surface area contributed by atoms with Crippen LogP contribution in [0, 0.1) is 0 Å². The molecular weight excluding hydrogens is 328 g/mol. The number of nitrogens with one attached hydrogen (secondary N) is 1. The van der Waals surface area contributed by atoms with Gasteiger partial charge in [0.2, 0.25) is 0 Å². The second-order valence-electron chi connectivity index (χ2n) is 4.16. The third-order valence-electron chi connectivity index (χ3n) is 2.86. The SMILES string of the molecule is CCC(Nc1cnc(Cl)c(Br)c1)c1ccccc1O. The molecule has 0 saturated carbocycles. The monoisotopic (exact) mass is 340 g/mol. The van der Waals surface area contributed by atoms with Crippen LogP contribution in [0.4, 0.5) is 5.69 Å². The van der Waals surface area contributed by atoms with Gasteiger partial charge in [0.15, 0.2) is 0 Å². The summed E-state index contributed by atoms with van der Waals surface area (Å²) in [4.78, 5) is 4.08. The highest BCUT2D eigenvalue weighted by molar-refractivity contribution is 9.10. The molecule has 1 heterocycles. The molecule has 19 heavy (non-hydrogen) atoms. The molecule has 0 amide bonds. The van der Waals surface area contributed by atoms with E-state index in [1.807, 2.05) is 24.3 Å². The first-order valence-corrected chi connectivity index (χ1v) is 7.14. The lowest BCUT2D eigenvalue weighted by atomic mass is 10.0. The smallest absolute Gasteiger partial charge is 0.143 e. The lowest BCUT2D eigenvalue weighted by Gasteiger charge is -2.19. The standard InChI is InChI=1S/C14H14BrClN2O/c1-2-12(10-5-3-4-6-13(10)19)18-9-7-11(15)14(16)17-8-9/h3-8,12,18-19H,2H2,1H3. The van der Waals surface area contributed by atoms with Crippen molar-refractivity contribution in [3.8, 4) is 5.75 Å². The summed E-state index contributed by atoms with van der Waals surface area (Å²) in [6, 6.07) is 9.22. The fourth-order valence-corrected chi connectivity index (χ4v) is 2.34. The van der Waals surface area contributed by atoms with Crippen molar-refractivity contribution in [3.05, 3.63) is 51.7 Å². The second-order valence-corrected chi connectivity index (χ2v) is 5.37. The lowest BCUT2D eigenvalue weighted by Crippen LogP contribution is -2.10. The Morgan fingerprint density at radius 2 is 2.16 bits per heavy atom. The number of nitrogens with zero attached hydrogens (tertiary/aromatic N) is 1. The molecular formula is C14H14BrClN2O. The average molecular weight is 342 g/mol. The first-order valence-electron chi connectivity index (χ1n) is 5.97. The maximum atomic E-state index is 9.90. The Kier molecular flexibility index (Phi) is 4.66. The summed E-state index contributed by atoms with van der Waals surface area (Å²) in [5, 5.41) is 13.7. The zero-order chi connectivity index (χ0) is 13.8. The van der Waals surface area contributed by atoms with E-state index in [0.29, 0.717) is 10.9 Å². The number of benzene rings is 1. The van der Waals surface area contributed by atoms with Crippen molar-refractivity contribution >= 4 is 33.2 Å². The molecule has 0 radical (unpaired) electrons. The third-order valence-corrected chi connectivity index (χ3v) is 3.99. The molecule has 0 spiro atoms. The van der Waals surface area contributed by atoms with Crippen molar-refractivity contribution in [1.82, 2.24) is 4.98 Å². The van der Waals surface area contributed by atoms with Gasteiger partial charge in [-0.1, -0.05) is 36.7 Å². The molecule has 1 unspecified atom stereocenters. The highest BCUT2D eigenvalue weighted by Crippen LogP contribution is 2.30. The Bertz CT molecular complexity index is 577. The Labute approximate surface area is 125 Å². The molecule has 1 aromatic carbocycles. The summed E-state index contributed by atoms with van der Waals surface area (Å²) >= 11 is 9.21. The molecule has 3 nitrogen and oxygen atoms in total. The van der Waals surface area contributed by atoms with Crippen molar-refractivity contribution in [2.75, 3.05) is 5.32 Å². The van der Waals surface area contributed by atoms with E-state index in [0.717, 1.165) is 22.1 Å². The molecule has 2 N–H and O–H groups in total. The minimum Gasteiger partial charge on any atom is -0.508 e. The van der Waals surface area contributed by atoms with Gasteiger partial charge in [-0.15, -0.1) is 0 Å². The largest absolute Gasteiger partial charge is 0.508 e. The number of hydrogen-bond donors (Lipinski definition) is 2. The van der Waals surface area contributed by atoms with E-state index in [1.165, 1.54) is 0 Å². The minimum atomic E-state index is 0.0241. The molecule has 0 saturated heterocycles. The molecule has 1 aromatic heterocycles. The van der Waals surface area contributed by atoms with Crippen molar-refractivity contribution in [2.45, 2.75) is 19.4 Å². The summed E-state index contributed by atoms with van der Waals surface area (Å²) < 4.78 is 0.742. The summed E-state index contributed by atoms with van der Waals surface area (Å²) in [7, 11) is 0. The summed E-state index contributed by atoms with van der Waals surface area (Å²) in [6.45, 7) is 2.06. The number of pyridine rings is 1. The fourth-order valence-electron chi connectivity index (χ4n) is 1.88. The molecule has 2 rings (SSSR count). The minimum absolute atomic E-state index is 0.0241. The van der Waals surface area contributed by atoms with Crippen molar-refractivity contribution in [2.24, 2.45) is 0 Å². The van der Waals surface area contributed by atoms with E-state index in [1.54, 1.807) is 12.3 Å². The number of halogens is 2. The van der Waals surface area contributed by atoms with Gasteiger partial charge >= 0.3 is 0 Å². The quantitative estimate of drug-likeness (QED) is 0.788. The van der Waals surface area contributed by atoms with Gasteiger partial charge < -0.3 is 10.4 Å². The summed E-state index contributed by atoms with van der Waals surface area (Å²) in [5.41, 5.74) is 1.72. The van der Waals surface area contributed by atoms with Crippen LogP contribution in [0.25, 0.3) is 0 Å².